The van der Waals surface area contributed by atoms with Crippen LogP contribution in [-0.2, 0) is 20.8 Å². The van der Waals surface area contributed by atoms with Crippen molar-refractivity contribution in [1.29, 1.82) is 0 Å². The number of amides is 1. The summed E-state index contributed by atoms with van der Waals surface area (Å²) in [5.74, 6) is -2.37. The Morgan fingerprint density at radius 1 is 1.00 bits per heavy atom. The van der Waals surface area contributed by atoms with Crippen LogP contribution in [0, 0.1) is 0 Å². The zero-order valence-corrected chi connectivity index (χ0v) is 15.8. The number of para-hydroxylation sites is 1. The van der Waals surface area contributed by atoms with Crippen molar-refractivity contribution in [2.24, 2.45) is 0 Å². The van der Waals surface area contributed by atoms with Crippen molar-refractivity contribution in [1.82, 2.24) is 5.32 Å². The van der Waals surface area contributed by atoms with E-state index in [-0.39, 0.29) is 12.5 Å². The van der Waals surface area contributed by atoms with Gasteiger partial charge >= 0.3 is 11.9 Å². The number of carbonyl (C=O) groups excluding carboxylic acids is 1. The molecular formula is C19H20ClNO7. The van der Waals surface area contributed by atoms with Crippen LogP contribution in [0.4, 0.5) is 0 Å². The molecule has 9 heteroatoms. The fraction of sp³-hybridized carbons (Fsp3) is 0.211. The number of halogens is 1. The first-order valence-electron chi connectivity index (χ1n) is 8.06. The lowest BCUT2D eigenvalue weighted by Gasteiger charge is -2.10. The van der Waals surface area contributed by atoms with Gasteiger partial charge in [-0.15, -0.1) is 0 Å². The largest absolute Gasteiger partial charge is 0.496 e. The van der Waals surface area contributed by atoms with E-state index in [9.17, 15) is 4.79 Å². The number of rotatable bonds is 7. The molecule has 0 atom stereocenters. The second kappa shape index (κ2) is 12.2. The molecule has 0 aromatic heterocycles. The number of nitrogens with one attached hydrogen (secondary N) is 1. The van der Waals surface area contributed by atoms with Crippen LogP contribution in [0.5, 0.6) is 11.5 Å². The number of hydrogen-bond donors (Lipinski definition) is 3. The highest BCUT2D eigenvalue weighted by Gasteiger charge is 2.05. The molecule has 0 heterocycles. The average molecular weight is 410 g/mol. The monoisotopic (exact) mass is 409 g/mol. The number of carbonyl (C=O) groups is 3. The summed E-state index contributed by atoms with van der Waals surface area (Å²) in [6, 6.07) is 14.6. The first kappa shape index (κ1) is 22.8. The van der Waals surface area contributed by atoms with Crippen LogP contribution < -0.4 is 14.8 Å². The number of carboxylic acids is 2. The molecule has 150 valence electrons. The van der Waals surface area contributed by atoms with Gasteiger partial charge in [0.1, 0.15) is 11.5 Å². The van der Waals surface area contributed by atoms with Gasteiger partial charge in [0.2, 0.25) is 0 Å². The van der Waals surface area contributed by atoms with Crippen molar-refractivity contribution >= 4 is 29.4 Å². The molecule has 0 unspecified atom stereocenters. The molecule has 0 fully saturated rings. The molecule has 0 aliphatic heterocycles. The van der Waals surface area contributed by atoms with Crippen molar-refractivity contribution in [3.05, 3.63) is 59.1 Å². The Bertz CT molecular complexity index is 781. The van der Waals surface area contributed by atoms with Gasteiger partial charge in [-0.05, 0) is 42.3 Å². The van der Waals surface area contributed by atoms with E-state index in [1.807, 2.05) is 24.3 Å². The minimum atomic E-state index is -1.82. The third-order valence-corrected chi connectivity index (χ3v) is 3.53. The van der Waals surface area contributed by atoms with E-state index in [1.54, 1.807) is 31.4 Å². The summed E-state index contributed by atoms with van der Waals surface area (Å²) in [5.41, 5.74) is 1.06. The average Bonchev–Trinajstić information content (AvgIpc) is 2.68. The lowest BCUT2D eigenvalue weighted by Crippen LogP contribution is -2.30. The Morgan fingerprint density at radius 3 is 2.18 bits per heavy atom. The normalized spacial score (nSPS) is 9.50. The zero-order chi connectivity index (χ0) is 20.9. The molecule has 2 aromatic carbocycles. The van der Waals surface area contributed by atoms with Crippen LogP contribution in [0.1, 0.15) is 5.56 Å². The van der Waals surface area contributed by atoms with E-state index in [2.05, 4.69) is 5.32 Å². The van der Waals surface area contributed by atoms with Gasteiger partial charge in [-0.1, -0.05) is 29.8 Å². The zero-order valence-electron chi connectivity index (χ0n) is 15.1. The molecule has 0 aliphatic rings. The summed E-state index contributed by atoms with van der Waals surface area (Å²) < 4.78 is 10.6. The molecular weight excluding hydrogens is 390 g/mol. The van der Waals surface area contributed by atoms with E-state index in [0.29, 0.717) is 23.7 Å². The first-order chi connectivity index (χ1) is 13.3. The second-order valence-electron chi connectivity index (χ2n) is 5.26. The van der Waals surface area contributed by atoms with Crippen molar-refractivity contribution in [3.8, 4) is 11.5 Å². The van der Waals surface area contributed by atoms with Gasteiger partial charge in [-0.2, -0.15) is 0 Å². The number of aliphatic carboxylic acids is 2. The summed E-state index contributed by atoms with van der Waals surface area (Å²) in [5, 5.41) is 18.2. The molecule has 0 radical (unpaired) electrons. The molecule has 2 aromatic rings. The summed E-state index contributed by atoms with van der Waals surface area (Å²) >= 11 is 5.78. The third kappa shape index (κ3) is 8.91. The molecule has 2 rings (SSSR count). The highest BCUT2D eigenvalue weighted by atomic mass is 35.5. The van der Waals surface area contributed by atoms with Crippen molar-refractivity contribution in [2.75, 3.05) is 20.3 Å². The minimum Gasteiger partial charge on any atom is -0.496 e. The maximum Gasteiger partial charge on any atom is 0.414 e. The summed E-state index contributed by atoms with van der Waals surface area (Å²) in [6.07, 6.45) is 0.705. The number of benzene rings is 2. The van der Waals surface area contributed by atoms with E-state index < -0.39 is 11.9 Å². The molecule has 0 spiro atoms. The van der Waals surface area contributed by atoms with Gasteiger partial charge in [0.15, 0.2) is 6.61 Å². The first-order valence-corrected chi connectivity index (χ1v) is 8.44. The quantitative estimate of drug-likeness (QED) is 0.599. The van der Waals surface area contributed by atoms with Gasteiger partial charge < -0.3 is 25.0 Å². The lowest BCUT2D eigenvalue weighted by atomic mass is 10.1. The Labute approximate surface area is 166 Å². The van der Waals surface area contributed by atoms with E-state index in [4.69, 9.17) is 40.9 Å². The van der Waals surface area contributed by atoms with Crippen LogP contribution in [0.25, 0.3) is 0 Å². The number of carboxylic acid groups (broad SMARTS) is 2. The van der Waals surface area contributed by atoms with Crippen LogP contribution in [0.3, 0.4) is 0 Å². The van der Waals surface area contributed by atoms with Crippen molar-refractivity contribution < 1.29 is 34.1 Å². The predicted octanol–water partition coefficient (Wildman–Crippen LogP) is 2.24. The Balaban J connectivity index is 0.000000568. The van der Waals surface area contributed by atoms with Gasteiger partial charge in [0, 0.05) is 11.6 Å². The molecule has 28 heavy (non-hydrogen) atoms. The highest BCUT2D eigenvalue weighted by molar-refractivity contribution is 6.30. The Kier molecular flexibility index (Phi) is 9.91. The topological polar surface area (TPSA) is 122 Å². The fourth-order valence-electron chi connectivity index (χ4n) is 1.98. The standard InChI is InChI=1S/C17H18ClNO3.C2H2O4/c1-21-16-5-3-2-4-13(16)10-11-19-17(20)12-22-15-8-6-14(18)7-9-15;3-1(4)2(5)6/h2-9H,10-12H2,1H3,(H,19,20);(H,3,4)(H,5,6). The van der Waals surface area contributed by atoms with Gasteiger partial charge in [0.05, 0.1) is 7.11 Å². The van der Waals surface area contributed by atoms with Crippen molar-refractivity contribution in [2.45, 2.75) is 6.42 Å². The molecule has 3 N–H and O–H groups in total. The van der Waals surface area contributed by atoms with Gasteiger partial charge in [-0.25, -0.2) is 9.59 Å². The Hall–Kier alpha value is -3.26. The number of methoxy groups -OCH3 is 1. The predicted molar refractivity (Wildman–Crippen MR) is 102 cm³/mol. The highest BCUT2D eigenvalue weighted by Crippen LogP contribution is 2.17. The fourth-order valence-corrected chi connectivity index (χ4v) is 2.10. The van der Waals surface area contributed by atoms with E-state index >= 15 is 0 Å². The van der Waals surface area contributed by atoms with Gasteiger partial charge in [0.25, 0.3) is 5.91 Å². The minimum absolute atomic E-state index is 0.0203. The third-order valence-electron chi connectivity index (χ3n) is 3.28. The maximum atomic E-state index is 11.7. The Morgan fingerprint density at radius 2 is 1.61 bits per heavy atom. The summed E-state index contributed by atoms with van der Waals surface area (Å²) in [4.78, 5) is 29.9. The van der Waals surface area contributed by atoms with Crippen molar-refractivity contribution in [3.63, 3.8) is 0 Å². The summed E-state index contributed by atoms with van der Waals surface area (Å²) in [6.45, 7) is 0.511. The van der Waals surface area contributed by atoms with Crippen LogP contribution in [-0.4, -0.2) is 48.3 Å². The van der Waals surface area contributed by atoms with Crippen LogP contribution in [0.2, 0.25) is 5.02 Å². The SMILES string of the molecule is COc1ccccc1CCNC(=O)COc1ccc(Cl)cc1.O=C(O)C(=O)O. The molecule has 0 saturated carbocycles. The number of hydrogen-bond acceptors (Lipinski definition) is 5. The molecule has 1 amide bonds. The second-order valence-corrected chi connectivity index (χ2v) is 5.70. The molecule has 0 aliphatic carbocycles. The molecule has 0 bridgehead atoms. The smallest absolute Gasteiger partial charge is 0.414 e. The number of ether oxygens (including phenoxy) is 2. The summed E-state index contributed by atoms with van der Waals surface area (Å²) in [7, 11) is 1.64. The van der Waals surface area contributed by atoms with E-state index in [1.165, 1.54) is 0 Å². The lowest BCUT2D eigenvalue weighted by molar-refractivity contribution is -0.159. The van der Waals surface area contributed by atoms with E-state index in [0.717, 1.165) is 11.3 Å². The maximum absolute atomic E-state index is 11.7. The van der Waals surface area contributed by atoms with Gasteiger partial charge in [-0.3, -0.25) is 4.79 Å². The molecule has 8 nitrogen and oxygen atoms in total. The molecule has 0 saturated heterocycles. The van der Waals surface area contributed by atoms with Crippen LogP contribution >= 0.6 is 11.6 Å². The van der Waals surface area contributed by atoms with Crippen LogP contribution in [0.15, 0.2) is 48.5 Å².